The monoisotopic (exact) mass is 206 g/mol. The normalized spacial score (nSPS) is 10.8. The average molecular weight is 206 g/mol. The summed E-state index contributed by atoms with van der Waals surface area (Å²) in [7, 11) is 0. The second-order valence-electron chi connectivity index (χ2n) is 3.32. The highest BCUT2D eigenvalue weighted by Crippen LogP contribution is 2.11. The van der Waals surface area contributed by atoms with Crippen LogP contribution in [-0.2, 0) is 6.54 Å². The molecular weight excluding hydrogens is 195 g/mol. The van der Waals surface area contributed by atoms with Gasteiger partial charge in [0.15, 0.2) is 5.43 Å². The minimum atomic E-state index is -0.398. The molecule has 0 aliphatic rings. The SMILES string of the molecule is NCCn1ccc(=O)c2cc(F)ccc21. The third kappa shape index (κ3) is 1.76. The lowest BCUT2D eigenvalue weighted by molar-refractivity contribution is 0.629. The van der Waals surface area contributed by atoms with Gasteiger partial charge in [0.2, 0.25) is 0 Å². The number of rotatable bonds is 2. The van der Waals surface area contributed by atoms with Crippen molar-refractivity contribution in [3.8, 4) is 0 Å². The van der Waals surface area contributed by atoms with Crippen LogP contribution in [0.1, 0.15) is 0 Å². The van der Waals surface area contributed by atoms with Crippen molar-refractivity contribution in [3.05, 3.63) is 46.5 Å². The number of hydrogen-bond acceptors (Lipinski definition) is 2. The van der Waals surface area contributed by atoms with E-state index in [4.69, 9.17) is 5.73 Å². The summed E-state index contributed by atoms with van der Waals surface area (Å²) in [6.45, 7) is 1.09. The Morgan fingerprint density at radius 2 is 2.13 bits per heavy atom. The predicted octanol–water partition coefficient (Wildman–Crippen LogP) is 1.10. The largest absolute Gasteiger partial charge is 0.346 e. The first-order valence-electron chi connectivity index (χ1n) is 4.71. The topological polar surface area (TPSA) is 48.0 Å². The van der Waals surface area contributed by atoms with Gasteiger partial charge in [-0.25, -0.2) is 4.39 Å². The van der Waals surface area contributed by atoms with Gasteiger partial charge in [-0.2, -0.15) is 0 Å². The van der Waals surface area contributed by atoms with Gasteiger partial charge in [-0.05, 0) is 18.2 Å². The second-order valence-corrected chi connectivity index (χ2v) is 3.32. The van der Waals surface area contributed by atoms with E-state index < -0.39 is 5.82 Å². The molecule has 0 saturated heterocycles. The first-order valence-corrected chi connectivity index (χ1v) is 4.71. The Morgan fingerprint density at radius 3 is 2.87 bits per heavy atom. The Morgan fingerprint density at radius 1 is 1.33 bits per heavy atom. The zero-order chi connectivity index (χ0) is 10.8. The Bertz CT molecular complexity index is 548. The van der Waals surface area contributed by atoms with Crippen molar-refractivity contribution in [2.24, 2.45) is 5.73 Å². The van der Waals surface area contributed by atoms with E-state index in [0.717, 1.165) is 0 Å². The minimum absolute atomic E-state index is 0.169. The van der Waals surface area contributed by atoms with Gasteiger partial charge in [0.1, 0.15) is 5.82 Å². The highest BCUT2D eigenvalue weighted by molar-refractivity contribution is 5.78. The van der Waals surface area contributed by atoms with E-state index >= 15 is 0 Å². The number of pyridine rings is 1. The fourth-order valence-electron chi connectivity index (χ4n) is 1.62. The number of fused-ring (bicyclic) bond motifs is 1. The molecule has 1 aromatic heterocycles. The lowest BCUT2D eigenvalue weighted by Crippen LogP contribution is -2.13. The van der Waals surface area contributed by atoms with Crippen LogP contribution in [0.4, 0.5) is 4.39 Å². The summed E-state index contributed by atoms with van der Waals surface area (Å²) in [5.41, 5.74) is 5.99. The van der Waals surface area contributed by atoms with Crippen LogP contribution in [0.2, 0.25) is 0 Å². The van der Waals surface area contributed by atoms with Crippen molar-refractivity contribution >= 4 is 10.9 Å². The van der Waals surface area contributed by atoms with Crippen LogP contribution < -0.4 is 11.2 Å². The molecule has 0 fully saturated rings. The van der Waals surface area contributed by atoms with Crippen LogP contribution >= 0.6 is 0 Å². The standard InChI is InChI=1S/C11H11FN2O/c12-8-1-2-10-9(7-8)11(15)3-5-14(10)6-4-13/h1-3,5,7H,4,6,13H2. The fraction of sp³-hybridized carbons (Fsp3) is 0.182. The quantitative estimate of drug-likeness (QED) is 0.799. The molecule has 0 aliphatic carbocycles. The Kier molecular flexibility index (Phi) is 2.51. The van der Waals surface area contributed by atoms with Gasteiger partial charge < -0.3 is 10.3 Å². The summed E-state index contributed by atoms with van der Waals surface area (Å²) in [6.07, 6.45) is 1.68. The van der Waals surface area contributed by atoms with Crippen molar-refractivity contribution in [1.29, 1.82) is 0 Å². The van der Waals surface area contributed by atoms with Crippen LogP contribution in [0, 0.1) is 5.82 Å². The summed E-state index contributed by atoms with van der Waals surface area (Å²) < 4.78 is 14.8. The van der Waals surface area contributed by atoms with E-state index in [-0.39, 0.29) is 5.43 Å². The summed E-state index contributed by atoms with van der Waals surface area (Å²) in [5.74, 6) is -0.398. The zero-order valence-electron chi connectivity index (χ0n) is 8.11. The van der Waals surface area contributed by atoms with Gasteiger partial charge in [0, 0.05) is 30.7 Å². The molecule has 15 heavy (non-hydrogen) atoms. The molecule has 0 saturated carbocycles. The molecule has 1 heterocycles. The van der Waals surface area contributed by atoms with Crippen LogP contribution in [-0.4, -0.2) is 11.1 Å². The van der Waals surface area contributed by atoms with Gasteiger partial charge in [-0.1, -0.05) is 0 Å². The second kappa shape index (κ2) is 3.82. The Hall–Kier alpha value is -1.68. The molecule has 2 rings (SSSR count). The first-order chi connectivity index (χ1) is 7.22. The lowest BCUT2D eigenvalue weighted by Gasteiger charge is -2.08. The van der Waals surface area contributed by atoms with E-state index in [1.165, 1.54) is 18.2 Å². The summed E-state index contributed by atoms with van der Waals surface area (Å²) in [4.78, 5) is 11.5. The van der Waals surface area contributed by atoms with Gasteiger partial charge in [0.25, 0.3) is 0 Å². The maximum absolute atomic E-state index is 13.0. The molecule has 2 aromatic rings. The molecule has 78 valence electrons. The molecule has 0 atom stereocenters. The maximum atomic E-state index is 13.0. The van der Waals surface area contributed by atoms with Crippen molar-refractivity contribution < 1.29 is 4.39 Å². The number of benzene rings is 1. The number of nitrogens with two attached hydrogens (primary N) is 1. The molecule has 0 radical (unpaired) electrons. The molecule has 4 heteroatoms. The van der Waals surface area contributed by atoms with E-state index in [9.17, 15) is 9.18 Å². The summed E-state index contributed by atoms with van der Waals surface area (Å²) in [6, 6.07) is 5.62. The molecular formula is C11H11FN2O. The molecule has 0 unspecified atom stereocenters. The molecule has 3 nitrogen and oxygen atoms in total. The minimum Gasteiger partial charge on any atom is -0.346 e. The predicted molar refractivity (Wildman–Crippen MR) is 57.2 cm³/mol. The summed E-state index contributed by atoms with van der Waals surface area (Å²) in [5, 5.41) is 0.394. The molecule has 0 aliphatic heterocycles. The average Bonchev–Trinajstić information content (AvgIpc) is 2.23. The van der Waals surface area contributed by atoms with Crippen LogP contribution in [0.5, 0.6) is 0 Å². The third-order valence-corrected chi connectivity index (χ3v) is 2.31. The van der Waals surface area contributed by atoms with Crippen LogP contribution in [0.3, 0.4) is 0 Å². The lowest BCUT2D eigenvalue weighted by atomic mass is 10.2. The third-order valence-electron chi connectivity index (χ3n) is 2.31. The van der Waals surface area contributed by atoms with Gasteiger partial charge in [0.05, 0.1) is 5.52 Å². The Labute approximate surface area is 85.9 Å². The van der Waals surface area contributed by atoms with Gasteiger partial charge in [-0.15, -0.1) is 0 Å². The molecule has 0 spiro atoms. The van der Waals surface area contributed by atoms with Crippen molar-refractivity contribution in [2.75, 3.05) is 6.54 Å². The number of halogens is 1. The van der Waals surface area contributed by atoms with Crippen LogP contribution in [0.25, 0.3) is 10.9 Å². The number of aromatic nitrogens is 1. The van der Waals surface area contributed by atoms with Crippen molar-refractivity contribution in [1.82, 2.24) is 4.57 Å². The Balaban J connectivity index is 2.76. The number of nitrogens with zero attached hydrogens (tertiary/aromatic N) is 1. The van der Waals surface area contributed by atoms with Crippen molar-refractivity contribution in [3.63, 3.8) is 0 Å². The van der Waals surface area contributed by atoms with E-state index in [1.54, 1.807) is 12.3 Å². The fourth-order valence-corrected chi connectivity index (χ4v) is 1.62. The smallest absolute Gasteiger partial charge is 0.189 e. The van der Waals surface area contributed by atoms with E-state index in [1.807, 2.05) is 4.57 Å². The zero-order valence-corrected chi connectivity index (χ0v) is 8.11. The molecule has 0 bridgehead atoms. The van der Waals surface area contributed by atoms with Gasteiger partial charge in [-0.3, -0.25) is 4.79 Å². The molecule has 2 N–H and O–H groups in total. The molecule has 1 aromatic carbocycles. The van der Waals surface area contributed by atoms with Crippen LogP contribution in [0.15, 0.2) is 35.3 Å². The van der Waals surface area contributed by atoms with E-state index in [0.29, 0.717) is 24.0 Å². The highest BCUT2D eigenvalue weighted by Gasteiger charge is 2.03. The number of hydrogen-bond donors (Lipinski definition) is 1. The maximum Gasteiger partial charge on any atom is 0.189 e. The highest BCUT2D eigenvalue weighted by atomic mass is 19.1. The molecule has 0 amide bonds. The first kappa shape index (κ1) is 9.86. The summed E-state index contributed by atoms with van der Waals surface area (Å²) >= 11 is 0. The van der Waals surface area contributed by atoms with E-state index in [2.05, 4.69) is 0 Å². The van der Waals surface area contributed by atoms with Crippen molar-refractivity contribution in [2.45, 2.75) is 6.54 Å². The van der Waals surface area contributed by atoms with Gasteiger partial charge >= 0.3 is 0 Å².